The molecule has 1 spiro atoms. The van der Waals surface area contributed by atoms with Crippen molar-refractivity contribution < 1.29 is 54.5 Å². The average molecular weight is 837 g/mol. The molecule has 5 aliphatic heterocycles. The molecule has 0 bridgehead atoms. The molecule has 320 valence electrons. The summed E-state index contributed by atoms with van der Waals surface area (Å²) in [5.41, 5.74) is 6.53. The fourth-order valence-electron chi connectivity index (χ4n) is 12.0. The van der Waals surface area contributed by atoms with Crippen molar-refractivity contribution in [3.63, 3.8) is 0 Å². The van der Waals surface area contributed by atoms with Gasteiger partial charge in [0.05, 0.1) is 38.2 Å². The van der Waals surface area contributed by atoms with E-state index in [0.29, 0.717) is 62.9 Å². The van der Waals surface area contributed by atoms with Gasteiger partial charge in [-0.2, -0.15) is 0 Å². The number of rotatable bonds is 11. The normalized spacial score (nSPS) is 41.5. The number of aliphatic hydroxyl groups excluding tert-OH is 3. The van der Waals surface area contributed by atoms with Gasteiger partial charge in [-0.25, -0.2) is 4.79 Å². The van der Waals surface area contributed by atoms with Crippen LogP contribution in [0.15, 0.2) is 23.3 Å². The summed E-state index contributed by atoms with van der Waals surface area (Å²) in [7, 11) is 5.79. The van der Waals surface area contributed by atoms with Crippen LogP contribution in [0.3, 0.4) is 0 Å². The summed E-state index contributed by atoms with van der Waals surface area (Å²) in [5.74, 6) is 1.38. The zero-order valence-electron chi connectivity index (χ0n) is 34.1. The lowest BCUT2D eigenvalue weighted by atomic mass is 9.56. The zero-order valence-corrected chi connectivity index (χ0v) is 35.7. The van der Waals surface area contributed by atoms with Gasteiger partial charge in [0.1, 0.15) is 23.5 Å². The Labute approximate surface area is 345 Å². The minimum atomic E-state index is -1.07. The highest BCUT2D eigenvalue weighted by Crippen LogP contribution is 2.62. The SMILES string of the molecule is CC=C(CCO)C(=O)O[C@@]1(C)CC=C2CSSC[C@H]3[C@@H](C[NH2+]C)CN3C(=O)CC3C[NH2+]C(N)CC3[C@H]2[C@@]12CC1CC3CC(C[C@H](CO)CCO)C(=O)OC3CC1O2. The van der Waals surface area contributed by atoms with E-state index in [0.717, 1.165) is 37.6 Å². The largest absolute Gasteiger partial charge is 0.462 e. The molecule has 0 aromatic rings. The second-order valence-corrected chi connectivity index (χ2v) is 20.9. The Kier molecular flexibility index (Phi) is 14.1. The van der Waals surface area contributed by atoms with Crippen LogP contribution >= 0.6 is 21.6 Å². The Morgan fingerprint density at radius 3 is 2.70 bits per heavy atom. The number of ether oxygens (including phenoxy) is 3. The Bertz CT molecular complexity index is 1540. The Balaban J connectivity index is 1.24. The van der Waals surface area contributed by atoms with Crippen LogP contribution in [0.1, 0.15) is 78.1 Å². The lowest BCUT2D eigenvalue weighted by Gasteiger charge is -2.56. The number of carbonyl (C=O) groups excluding carboxylic acids is 3. The predicted molar refractivity (Wildman–Crippen MR) is 217 cm³/mol. The molecule has 1 saturated carbocycles. The van der Waals surface area contributed by atoms with Crippen LogP contribution in [-0.4, -0.2) is 132 Å². The van der Waals surface area contributed by atoms with Crippen LogP contribution in [0, 0.1) is 47.3 Å². The van der Waals surface area contributed by atoms with Gasteiger partial charge in [0.15, 0.2) is 0 Å². The minimum absolute atomic E-state index is 0.00765. The molecule has 15 heteroatoms. The highest BCUT2D eigenvalue weighted by atomic mass is 33.1. The number of nitrogens with two attached hydrogens (primary N) is 3. The molecule has 1 amide bonds. The first kappa shape index (κ1) is 43.4. The molecule has 5 saturated heterocycles. The molecule has 0 aromatic heterocycles. The van der Waals surface area contributed by atoms with Crippen molar-refractivity contribution in [1.29, 1.82) is 0 Å². The standard InChI is InChI=1S/C42H66N4O9S2/c1-4-25(7-10-48)40(52)55-41(2)8-5-26-22-56-57-23-33-31(18-44-3)20-46(33)37(50)14-30-19-45-36(43)15-32(30)38(26)42(41)17-29-13-27-12-28(11-24(21-49)6-9-47)39(51)53-34(27)16-35(29)54-42/h4-5,24,27-36,38,44-45,47-49H,6-23,43H2,1-3H3/p+2/t24-,27?,28?,29?,30?,31+,32?,33+,34?,35?,36?,38+,41+,42+/m1/s1. The predicted octanol–water partition coefficient (Wildman–Crippen LogP) is 0.720. The monoisotopic (exact) mass is 836 g/mol. The number of amides is 1. The van der Waals surface area contributed by atoms with Gasteiger partial charge in [-0.05, 0) is 69.6 Å². The topological polar surface area (TPSA) is 202 Å². The van der Waals surface area contributed by atoms with Crippen molar-refractivity contribution >= 4 is 39.4 Å². The fraction of sp³-hybridized carbons (Fsp3) is 0.833. The number of hydrogen-bond donors (Lipinski definition) is 6. The van der Waals surface area contributed by atoms with E-state index in [-0.39, 0.29) is 104 Å². The van der Waals surface area contributed by atoms with Gasteiger partial charge in [-0.3, -0.25) is 15.3 Å². The van der Waals surface area contributed by atoms with Crippen molar-refractivity contribution in [2.24, 2.45) is 53.1 Å². The van der Waals surface area contributed by atoms with Gasteiger partial charge in [-0.15, -0.1) is 0 Å². The number of aliphatic hydroxyl groups is 3. The first-order valence-electron chi connectivity index (χ1n) is 21.7. The van der Waals surface area contributed by atoms with Gasteiger partial charge >= 0.3 is 11.9 Å². The van der Waals surface area contributed by atoms with Crippen molar-refractivity contribution in [1.82, 2.24) is 4.90 Å². The van der Waals surface area contributed by atoms with Crippen LogP contribution in [0.4, 0.5) is 0 Å². The maximum atomic E-state index is 14.3. The van der Waals surface area contributed by atoms with Crippen LogP contribution in [0.5, 0.6) is 0 Å². The molecule has 7 aliphatic rings. The summed E-state index contributed by atoms with van der Waals surface area (Å²) in [5, 5.41) is 33.7. The molecule has 6 fully saturated rings. The number of quaternary nitrogens is 2. The second-order valence-electron chi connectivity index (χ2n) is 18.4. The molecule has 2 aliphatic carbocycles. The molecule has 7 rings (SSSR count). The number of nitrogens with zero attached hydrogens (tertiary/aromatic N) is 1. The lowest BCUT2D eigenvalue weighted by molar-refractivity contribution is -0.706. The number of carbonyl (C=O) groups is 3. The van der Waals surface area contributed by atoms with E-state index in [4.69, 9.17) is 19.9 Å². The van der Waals surface area contributed by atoms with Gasteiger partial charge < -0.3 is 45.1 Å². The summed E-state index contributed by atoms with van der Waals surface area (Å²) in [6.45, 7) is 6.10. The van der Waals surface area contributed by atoms with Crippen LogP contribution in [-0.2, 0) is 28.6 Å². The third-order valence-electron chi connectivity index (χ3n) is 15.0. The smallest absolute Gasteiger partial charge is 0.334 e. The van der Waals surface area contributed by atoms with Gasteiger partial charge in [0, 0.05) is 93.3 Å². The van der Waals surface area contributed by atoms with Crippen molar-refractivity contribution in [3.05, 3.63) is 23.3 Å². The minimum Gasteiger partial charge on any atom is -0.462 e. The van der Waals surface area contributed by atoms with Crippen molar-refractivity contribution in [2.75, 3.05) is 58.0 Å². The zero-order chi connectivity index (χ0) is 40.5. The Morgan fingerprint density at radius 1 is 1.14 bits per heavy atom. The number of hydrogen-bond acceptors (Lipinski definition) is 12. The molecule has 9 N–H and O–H groups in total. The molecule has 14 atom stereocenters. The average Bonchev–Trinajstić information content (AvgIpc) is 3.55. The molecule has 57 heavy (non-hydrogen) atoms. The Morgan fingerprint density at radius 2 is 1.96 bits per heavy atom. The summed E-state index contributed by atoms with van der Waals surface area (Å²) >= 11 is 0. The van der Waals surface area contributed by atoms with Crippen LogP contribution in [0.25, 0.3) is 0 Å². The number of piperidine rings is 1. The number of fused-ring (bicyclic) bond motifs is 7. The van der Waals surface area contributed by atoms with E-state index in [1.807, 2.05) is 28.5 Å². The van der Waals surface area contributed by atoms with Crippen molar-refractivity contribution in [2.45, 2.75) is 114 Å². The lowest BCUT2D eigenvalue weighted by Crippen LogP contribution is -2.96. The first-order valence-corrected chi connectivity index (χ1v) is 24.2. The summed E-state index contributed by atoms with van der Waals surface area (Å²) in [6, 6.07) is 0.242. The fourth-order valence-corrected chi connectivity index (χ4v) is 14.6. The third-order valence-corrected chi connectivity index (χ3v) is 17.4. The highest BCUT2D eigenvalue weighted by molar-refractivity contribution is 8.76. The quantitative estimate of drug-likeness (QED) is 0.0739. The van der Waals surface area contributed by atoms with Gasteiger partial charge in [0.25, 0.3) is 0 Å². The van der Waals surface area contributed by atoms with Gasteiger partial charge in [0.2, 0.25) is 5.91 Å². The molecule has 8 unspecified atom stereocenters. The Hall–Kier alpha value is -1.69. The van der Waals surface area contributed by atoms with E-state index >= 15 is 0 Å². The van der Waals surface area contributed by atoms with Crippen molar-refractivity contribution in [3.8, 4) is 0 Å². The van der Waals surface area contributed by atoms with E-state index in [1.54, 1.807) is 13.0 Å². The highest BCUT2D eigenvalue weighted by Gasteiger charge is 2.68. The summed E-state index contributed by atoms with van der Waals surface area (Å²) < 4.78 is 20.5. The van der Waals surface area contributed by atoms with E-state index in [2.05, 4.69) is 28.7 Å². The molecular weight excluding hydrogens is 769 g/mol. The number of allylic oxidation sites excluding steroid dienone is 1. The molecule has 13 nitrogen and oxygen atoms in total. The van der Waals surface area contributed by atoms with E-state index < -0.39 is 17.2 Å². The van der Waals surface area contributed by atoms with Crippen LogP contribution in [0.2, 0.25) is 0 Å². The molecule has 0 aromatic carbocycles. The molecule has 0 radical (unpaired) electrons. The van der Waals surface area contributed by atoms with E-state index in [1.165, 1.54) is 5.57 Å². The van der Waals surface area contributed by atoms with Gasteiger partial charge in [-0.1, -0.05) is 39.3 Å². The summed E-state index contributed by atoms with van der Waals surface area (Å²) in [4.78, 5) is 43.9. The first-order chi connectivity index (χ1) is 27.5. The number of esters is 2. The second kappa shape index (κ2) is 18.5. The maximum Gasteiger partial charge on any atom is 0.334 e. The van der Waals surface area contributed by atoms with Crippen LogP contribution < -0.4 is 16.4 Å². The summed E-state index contributed by atoms with van der Waals surface area (Å²) in [6.07, 6.45) is 8.83. The molecule has 5 heterocycles. The third kappa shape index (κ3) is 8.62. The molecular formula is C42H68N4O9S2+2. The van der Waals surface area contributed by atoms with E-state index in [9.17, 15) is 29.7 Å². The maximum absolute atomic E-state index is 14.3.